The highest BCUT2D eigenvalue weighted by Gasteiger charge is 1.98. The first-order chi connectivity index (χ1) is 9.70. The molecule has 0 saturated heterocycles. The molecule has 2 rings (SSSR count). The van der Waals surface area contributed by atoms with E-state index >= 15 is 0 Å². The molecule has 0 amide bonds. The number of hydrazone groups is 1. The molecule has 0 radical (unpaired) electrons. The van der Waals surface area contributed by atoms with Crippen LogP contribution in [0, 0.1) is 0 Å². The molecule has 0 aliphatic heterocycles. The number of hydrogen-bond donors (Lipinski definition) is 0. The lowest BCUT2D eigenvalue weighted by molar-refractivity contribution is 0.968. The predicted molar refractivity (Wildman–Crippen MR) is 87.8 cm³/mol. The molecule has 104 valence electrons. The van der Waals surface area contributed by atoms with Crippen LogP contribution in [0.2, 0.25) is 0 Å². The summed E-state index contributed by atoms with van der Waals surface area (Å²) in [5.41, 5.74) is 3.40. The molecule has 0 bridgehead atoms. The van der Waals surface area contributed by atoms with Crippen molar-refractivity contribution >= 4 is 17.6 Å². The minimum absolute atomic E-state index is 1.00. The predicted octanol–water partition coefficient (Wildman–Crippen LogP) is 3.61. The highest BCUT2D eigenvalue weighted by atomic mass is 15.4. The van der Waals surface area contributed by atoms with Gasteiger partial charge in [-0.1, -0.05) is 30.3 Å². The van der Waals surface area contributed by atoms with Crippen molar-refractivity contribution in [2.45, 2.75) is 6.92 Å². The lowest BCUT2D eigenvalue weighted by atomic mass is 10.2. The van der Waals surface area contributed by atoms with Gasteiger partial charge in [0.15, 0.2) is 0 Å². The molecular weight excluding hydrogens is 246 g/mol. The van der Waals surface area contributed by atoms with E-state index in [9.17, 15) is 0 Å². The summed E-state index contributed by atoms with van der Waals surface area (Å²) in [4.78, 5) is 2.21. The maximum Gasteiger partial charge on any atom is 0.0590 e. The van der Waals surface area contributed by atoms with Crippen molar-refractivity contribution in [1.82, 2.24) is 0 Å². The SMILES string of the molecule is CCN(C)c1ccc(/C=N/N(C)c2ccccc2)cc1. The number of nitrogens with zero attached hydrogens (tertiary/aromatic N) is 3. The second-order valence-electron chi connectivity index (χ2n) is 4.71. The quantitative estimate of drug-likeness (QED) is 0.608. The fourth-order valence-electron chi connectivity index (χ4n) is 1.86. The van der Waals surface area contributed by atoms with Crippen LogP contribution in [0.25, 0.3) is 0 Å². The molecule has 20 heavy (non-hydrogen) atoms. The molecule has 0 aliphatic carbocycles. The van der Waals surface area contributed by atoms with Crippen LogP contribution in [0.1, 0.15) is 12.5 Å². The van der Waals surface area contributed by atoms with Gasteiger partial charge in [0.25, 0.3) is 0 Å². The maximum absolute atomic E-state index is 4.45. The molecule has 0 aromatic heterocycles. The number of para-hydroxylation sites is 1. The summed E-state index contributed by atoms with van der Waals surface area (Å²) in [6, 6.07) is 18.5. The second-order valence-corrected chi connectivity index (χ2v) is 4.71. The normalized spacial score (nSPS) is 10.8. The van der Waals surface area contributed by atoms with Crippen molar-refractivity contribution in [2.24, 2.45) is 5.10 Å². The number of anilines is 2. The lowest BCUT2D eigenvalue weighted by Crippen LogP contribution is -2.15. The number of rotatable bonds is 5. The van der Waals surface area contributed by atoms with Gasteiger partial charge < -0.3 is 4.90 Å². The Morgan fingerprint density at radius 1 is 0.900 bits per heavy atom. The van der Waals surface area contributed by atoms with Crippen LogP contribution in [0.5, 0.6) is 0 Å². The van der Waals surface area contributed by atoms with Crippen LogP contribution >= 0.6 is 0 Å². The van der Waals surface area contributed by atoms with Gasteiger partial charge in [-0.05, 0) is 36.8 Å². The van der Waals surface area contributed by atoms with Crippen molar-refractivity contribution in [3.8, 4) is 0 Å². The summed E-state index contributed by atoms with van der Waals surface area (Å²) < 4.78 is 0. The van der Waals surface area contributed by atoms with Crippen molar-refractivity contribution in [3.63, 3.8) is 0 Å². The second kappa shape index (κ2) is 6.75. The average molecular weight is 267 g/mol. The summed E-state index contributed by atoms with van der Waals surface area (Å²) >= 11 is 0. The monoisotopic (exact) mass is 267 g/mol. The molecule has 0 heterocycles. The number of hydrogen-bond acceptors (Lipinski definition) is 3. The lowest BCUT2D eigenvalue weighted by Gasteiger charge is -2.16. The highest BCUT2D eigenvalue weighted by Crippen LogP contribution is 2.14. The number of benzene rings is 2. The fourth-order valence-corrected chi connectivity index (χ4v) is 1.86. The zero-order chi connectivity index (χ0) is 14.4. The first-order valence-electron chi connectivity index (χ1n) is 6.84. The smallest absolute Gasteiger partial charge is 0.0590 e. The Labute approximate surface area is 121 Å². The van der Waals surface area contributed by atoms with Crippen LogP contribution in [0.3, 0.4) is 0 Å². The van der Waals surface area contributed by atoms with E-state index in [1.807, 2.05) is 48.6 Å². The van der Waals surface area contributed by atoms with Gasteiger partial charge in [0.1, 0.15) is 0 Å². The first kappa shape index (κ1) is 14.1. The molecule has 0 N–H and O–H groups in total. The van der Waals surface area contributed by atoms with Crippen molar-refractivity contribution in [2.75, 3.05) is 30.5 Å². The van der Waals surface area contributed by atoms with Crippen LogP contribution in [0.4, 0.5) is 11.4 Å². The third-order valence-electron chi connectivity index (χ3n) is 3.32. The van der Waals surface area contributed by atoms with Crippen LogP contribution in [0.15, 0.2) is 59.7 Å². The van der Waals surface area contributed by atoms with Gasteiger partial charge >= 0.3 is 0 Å². The van der Waals surface area contributed by atoms with Crippen LogP contribution < -0.4 is 9.91 Å². The molecule has 0 fully saturated rings. The van der Waals surface area contributed by atoms with Crippen molar-refractivity contribution in [3.05, 3.63) is 60.2 Å². The minimum Gasteiger partial charge on any atom is -0.375 e. The zero-order valence-corrected chi connectivity index (χ0v) is 12.3. The van der Waals surface area contributed by atoms with E-state index in [4.69, 9.17) is 0 Å². The summed E-state index contributed by atoms with van der Waals surface area (Å²) in [6.45, 7) is 3.15. The maximum atomic E-state index is 4.45. The van der Waals surface area contributed by atoms with E-state index in [1.54, 1.807) is 0 Å². The van der Waals surface area contributed by atoms with Gasteiger partial charge in [-0.3, -0.25) is 5.01 Å². The molecule has 0 aliphatic rings. The zero-order valence-electron chi connectivity index (χ0n) is 12.3. The van der Waals surface area contributed by atoms with E-state index in [0.29, 0.717) is 0 Å². The summed E-state index contributed by atoms with van der Waals surface area (Å²) in [5, 5.41) is 6.32. The molecule has 2 aromatic carbocycles. The summed E-state index contributed by atoms with van der Waals surface area (Å²) in [7, 11) is 4.04. The van der Waals surface area contributed by atoms with Crippen molar-refractivity contribution in [1.29, 1.82) is 0 Å². The molecule has 2 aromatic rings. The van der Waals surface area contributed by atoms with Crippen LogP contribution in [-0.2, 0) is 0 Å². The van der Waals surface area contributed by atoms with Gasteiger partial charge in [-0.2, -0.15) is 5.10 Å². The summed E-state index contributed by atoms with van der Waals surface area (Å²) in [5.74, 6) is 0. The molecule has 0 unspecified atom stereocenters. The van der Waals surface area contributed by atoms with Gasteiger partial charge in [0.2, 0.25) is 0 Å². The minimum atomic E-state index is 1.00. The van der Waals surface area contributed by atoms with Crippen LogP contribution in [-0.4, -0.2) is 26.9 Å². The van der Waals surface area contributed by atoms with Gasteiger partial charge in [0, 0.05) is 26.3 Å². The van der Waals surface area contributed by atoms with E-state index in [2.05, 4.69) is 48.2 Å². The standard InChI is InChI=1S/C17H21N3/c1-4-19(2)16-12-10-15(11-13-16)14-18-20(3)17-8-6-5-7-9-17/h5-14H,4H2,1-3H3/b18-14+. The molecule has 3 heteroatoms. The Kier molecular flexibility index (Phi) is 4.77. The van der Waals surface area contributed by atoms with Crippen molar-refractivity contribution < 1.29 is 0 Å². The van der Waals surface area contributed by atoms with Gasteiger partial charge in [0.05, 0.1) is 11.9 Å². The third-order valence-corrected chi connectivity index (χ3v) is 3.32. The highest BCUT2D eigenvalue weighted by molar-refractivity contribution is 5.81. The Hall–Kier alpha value is -2.29. The van der Waals surface area contributed by atoms with E-state index in [-0.39, 0.29) is 0 Å². The molecular formula is C17H21N3. The van der Waals surface area contributed by atoms with Gasteiger partial charge in [-0.25, -0.2) is 0 Å². The Morgan fingerprint density at radius 3 is 2.15 bits per heavy atom. The molecule has 0 saturated carbocycles. The first-order valence-corrected chi connectivity index (χ1v) is 6.84. The largest absolute Gasteiger partial charge is 0.375 e. The Bertz CT molecular complexity index is 546. The van der Waals surface area contributed by atoms with E-state index in [0.717, 1.165) is 17.8 Å². The Balaban J connectivity index is 2.04. The Morgan fingerprint density at radius 2 is 1.55 bits per heavy atom. The van der Waals surface area contributed by atoms with E-state index < -0.39 is 0 Å². The molecule has 0 atom stereocenters. The van der Waals surface area contributed by atoms with E-state index in [1.165, 1.54) is 5.69 Å². The average Bonchev–Trinajstić information content (AvgIpc) is 2.53. The topological polar surface area (TPSA) is 18.8 Å². The fraction of sp³-hybridized carbons (Fsp3) is 0.235. The summed E-state index contributed by atoms with van der Waals surface area (Å²) in [6.07, 6.45) is 1.88. The van der Waals surface area contributed by atoms with Gasteiger partial charge in [-0.15, -0.1) is 0 Å². The molecule has 3 nitrogen and oxygen atoms in total. The third kappa shape index (κ3) is 3.60. The molecule has 0 spiro atoms.